The molecule has 0 unspecified atom stereocenters. The molecule has 7 nitrogen and oxygen atoms in total. The van der Waals surface area contributed by atoms with Crippen molar-refractivity contribution in [3.05, 3.63) is 59.7 Å². The van der Waals surface area contributed by atoms with Gasteiger partial charge in [-0.05, 0) is 35.4 Å². The number of benzene rings is 2. The monoisotopic (exact) mass is 434 g/mol. The second-order valence-electron chi connectivity index (χ2n) is 7.01. The van der Waals surface area contributed by atoms with E-state index in [0.29, 0.717) is 19.0 Å². The number of guanidine groups is 1. The molecule has 2 aromatic carbocycles. The molecule has 2 aromatic rings. The number of methoxy groups -OCH3 is 1. The van der Waals surface area contributed by atoms with Crippen molar-refractivity contribution in [2.75, 3.05) is 34.8 Å². The molecule has 0 spiro atoms. The zero-order valence-corrected chi connectivity index (χ0v) is 18.1. The van der Waals surface area contributed by atoms with Gasteiger partial charge in [-0.25, -0.2) is 4.99 Å². The maximum atomic E-state index is 12.3. The number of nitrogens with zero attached hydrogens (tertiary/aromatic N) is 3. The predicted octanol–water partition coefficient (Wildman–Crippen LogP) is 2.96. The molecule has 0 radical (unpaired) electrons. The highest BCUT2D eigenvalue weighted by Gasteiger charge is 2.11. The molecule has 2 rings (SSSR count). The van der Waals surface area contributed by atoms with Crippen molar-refractivity contribution in [3.8, 4) is 11.5 Å². The molecular formula is C22H28F2N4O3. The average Bonchev–Trinajstić information content (AvgIpc) is 2.74. The number of nitrogens with one attached hydrogen (secondary N) is 1. The van der Waals surface area contributed by atoms with Crippen LogP contribution in [0.4, 0.5) is 8.78 Å². The van der Waals surface area contributed by atoms with Gasteiger partial charge in [0.1, 0.15) is 11.5 Å². The first-order valence-electron chi connectivity index (χ1n) is 9.64. The molecule has 0 aliphatic carbocycles. The Morgan fingerprint density at radius 1 is 1.00 bits per heavy atom. The molecular weight excluding hydrogens is 406 g/mol. The molecule has 31 heavy (non-hydrogen) atoms. The summed E-state index contributed by atoms with van der Waals surface area (Å²) in [5.74, 6) is 1.32. The van der Waals surface area contributed by atoms with Gasteiger partial charge >= 0.3 is 6.61 Å². The lowest BCUT2D eigenvalue weighted by Gasteiger charge is -2.23. The molecule has 0 aliphatic heterocycles. The number of likely N-dealkylation sites (N-methyl/N-ethyl adjacent to an activating group) is 1. The highest BCUT2D eigenvalue weighted by molar-refractivity contribution is 5.86. The summed E-state index contributed by atoms with van der Waals surface area (Å²) in [5, 5.41) is 3.09. The van der Waals surface area contributed by atoms with Crippen LogP contribution in [0.2, 0.25) is 0 Å². The molecule has 0 saturated heterocycles. The Labute approximate surface area is 181 Å². The second kappa shape index (κ2) is 11.7. The van der Waals surface area contributed by atoms with Gasteiger partial charge in [0.25, 0.3) is 0 Å². The van der Waals surface area contributed by atoms with Crippen molar-refractivity contribution in [2.45, 2.75) is 19.7 Å². The van der Waals surface area contributed by atoms with Crippen LogP contribution in [0.5, 0.6) is 11.5 Å². The Morgan fingerprint density at radius 2 is 1.58 bits per heavy atom. The van der Waals surface area contributed by atoms with Gasteiger partial charge in [-0.15, -0.1) is 0 Å². The van der Waals surface area contributed by atoms with E-state index < -0.39 is 6.61 Å². The number of amides is 1. The minimum absolute atomic E-state index is 0.0842. The Morgan fingerprint density at radius 3 is 2.13 bits per heavy atom. The van der Waals surface area contributed by atoms with Crippen LogP contribution in [0, 0.1) is 0 Å². The van der Waals surface area contributed by atoms with Gasteiger partial charge in [0.05, 0.1) is 20.2 Å². The molecule has 0 saturated carbocycles. The number of carbonyl (C=O) groups is 1. The fourth-order valence-electron chi connectivity index (χ4n) is 2.65. The van der Waals surface area contributed by atoms with Crippen LogP contribution in [-0.4, -0.2) is 63.1 Å². The number of aliphatic imine (C=N–C) groups is 1. The third kappa shape index (κ3) is 8.12. The molecule has 1 N–H and O–H groups in total. The van der Waals surface area contributed by atoms with Crippen LogP contribution in [0.25, 0.3) is 0 Å². The van der Waals surface area contributed by atoms with Crippen molar-refractivity contribution < 1.29 is 23.0 Å². The zero-order chi connectivity index (χ0) is 22.8. The summed E-state index contributed by atoms with van der Waals surface area (Å²) in [6.07, 6.45) is 0. The number of hydrogen-bond acceptors (Lipinski definition) is 4. The molecule has 168 valence electrons. The summed E-state index contributed by atoms with van der Waals surface area (Å²) in [6, 6.07) is 14.0. The maximum absolute atomic E-state index is 12.3. The van der Waals surface area contributed by atoms with Crippen LogP contribution in [0.3, 0.4) is 0 Å². The Balaban J connectivity index is 2.10. The van der Waals surface area contributed by atoms with E-state index in [-0.39, 0.29) is 18.2 Å². The van der Waals surface area contributed by atoms with Crippen molar-refractivity contribution in [2.24, 2.45) is 4.99 Å². The van der Waals surface area contributed by atoms with Crippen LogP contribution >= 0.6 is 0 Å². The van der Waals surface area contributed by atoms with Crippen molar-refractivity contribution in [1.29, 1.82) is 0 Å². The van der Waals surface area contributed by atoms with Gasteiger partial charge in [-0.3, -0.25) is 4.79 Å². The first-order chi connectivity index (χ1) is 14.8. The summed E-state index contributed by atoms with van der Waals surface area (Å²) < 4.78 is 34.2. The summed E-state index contributed by atoms with van der Waals surface area (Å²) in [5.41, 5.74) is 1.86. The molecule has 9 heteroatoms. The normalized spacial score (nSPS) is 11.3. The molecule has 0 aliphatic rings. The third-order valence-corrected chi connectivity index (χ3v) is 4.40. The topological polar surface area (TPSA) is 66.4 Å². The Bertz CT molecular complexity index is 856. The van der Waals surface area contributed by atoms with Crippen LogP contribution in [0.15, 0.2) is 53.5 Å². The Kier molecular flexibility index (Phi) is 9.05. The third-order valence-electron chi connectivity index (χ3n) is 4.40. The Hall–Kier alpha value is -3.36. The smallest absolute Gasteiger partial charge is 0.387 e. The second-order valence-corrected chi connectivity index (χ2v) is 7.01. The van der Waals surface area contributed by atoms with Crippen LogP contribution in [-0.2, 0) is 17.9 Å². The van der Waals surface area contributed by atoms with E-state index in [9.17, 15) is 13.6 Å². The van der Waals surface area contributed by atoms with Gasteiger partial charge in [0.15, 0.2) is 5.96 Å². The summed E-state index contributed by atoms with van der Waals surface area (Å²) in [4.78, 5) is 20.0. The lowest BCUT2D eigenvalue weighted by Crippen LogP contribution is -2.43. The standard InChI is InChI=1S/C22H28F2N4O3/c1-27(2)20(29)14-26-22(25-13-16-5-9-18(30-4)10-6-16)28(3)15-17-7-11-19(12-8-17)31-21(23)24/h5-12,21H,13-15H2,1-4H3,(H,25,26). The molecule has 0 heterocycles. The number of rotatable bonds is 9. The molecule has 0 aromatic heterocycles. The number of carbonyl (C=O) groups excluding carboxylic acids is 1. The zero-order valence-electron chi connectivity index (χ0n) is 18.1. The largest absolute Gasteiger partial charge is 0.497 e. The summed E-state index contributed by atoms with van der Waals surface area (Å²) in [7, 11) is 6.82. The summed E-state index contributed by atoms with van der Waals surface area (Å²) >= 11 is 0. The minimum Gasteiger partial charge on any atom is -0.497 e. The number of hydrogen-bond donors (Lipinski definition) is 1. The molecule has 0 atom stereocenters. The van der Waals surface area contributed by atoms with Crippen molar-refractivity contribution in [1.82, 2.24) is 15.1 Å². The first-order valence-corrected chi connectivity index (χ1v) is 9.64. The van der Waals surface area contributed by atoms with Crippen LogP contribution in [0.1, 0.15) is 11.1 Å². The van der Waals surface area contributed by atoms with Crippen LogP contribution < -0.4 is 14.8 Å². The van der Waals surface area contributed by atoms with Gasteiger partial charge in [-0.1, -0.05) is 24.3 Å². The van der Waals surface area contributed by atoms with E-state index in [1.807, 2.05) is 36.2 Å². The van der Waals surface area contributed by atoms with E-state index >= 15 is 0 Å². The maximum Gasteiger partial charge on any atom is 0.387 e. The number of ether oxygens (including phenoxy) is 2. The van der Waals surface area contributed by atoms with Gasteiger partial charge in [-0.2, -0.15) is 8.78 Å². The van der Waals surface area contributed by atoms with Gasteiger partial charge in [0, 0.05) is 27.7 Å². The van der Waals surface area contributed by atoms with E-state index in [1.54, 1.807) is 33.3 Å². The number of alkyl halides is 2. The molecule has 1 amide bonds. The fraction of sp³-hybridized carbons (Fsp3) is 0.364. The molecule has 0 bridgehead atoms. The lowest BCUT2D eigenvalue weighted by molar-refractivity contribution is -0.127. The molecule has 0 fully saturated rings. The fourth-order valence-corrected chi connectivity index (χ4v) is 2.65. The van der Waals surface area contributed by atoms with Gasteiger partial charge < -0.3 is 24.6 Å². The van der Waals surface area contributed by atoms with E-state index in [4.69, 9.17) is 4.74 Å². The number of halogens is 2. The van der Waals surface area contributed by atoms with Crippen molar-refractivity contribution >= 4 is 11.9 Å². The highest BCUT2D eigenvalue weighted by Crippen LogP contribution is 2.16. The van der Waals surface area contributed by atoms with E-state index in [1.165, 1.54) is 17.0 Å². The predicted molar refractivity (Wildman–Crippen MR) is 115 cm³/mol. The quantitative estimate of drug-likeness (QED) is 0.486. The first kappa shape index (κ1) is 23.9. The summed E-state index contributed by atoms with van der Waals surface area (Å²) in [6.45, 7) is -1.89. The average molecular weight is 434 g/mol. The van der Waals surface area contributed by atoms with Gasteiger partial charge in [0.2, 0.25) is 5.91 Å². The van der Waals surface area contributed by atoms with E-state index in [2.05, 4.69) is 15.0 Å². The SMILES string of the molecule is COc1ccc(CN=C(NCC(=O)N(C)C)N(C)Cc2ccc(OC(F)F)cc2)cc1. The highest BCUT2D eigenvalue weighted by atomic mass is 19.3. The van der Waals surface area contributed by atoms with Crippen molar-refractivity contribution in [3.63, 3.8) is 0 Å². The minimum atomic E-state index is -2.86. The lowest BCUT2D eigenvalue weighted by atomic mass is 10.2. The van der Waals surface area contributed by atoms with E-state index in [0.717, 1.165) is 16.9 Å².